The summed E-state index contributed by atoms with van der Waals surface area (Å²) in [6, 6.07) is 2.63. The fraction of sp³-hybridized carbons (Fsp3) is 0.412. The lowest BCUT2D eigenvalue weighted by Crippen LogP contribution is -2.29. The molecule has 4 rings (SSSR count). The molecular weight excluding hydrogens is 345 g/mol. The molecule has 0 amide bonds. The van der Waals surface area contributed by atoms with Crippen LogP contribution in [0.5, 0.6) is 0 Å². The van der Waals surface area contributed by atoms with Crippen LogP contribution >= 0.6 is 11.6 Å². The minimum absolute atomic E-state index is 0.0371. The van der Waals surface area contributed by atoms with E-state index in [2.05, 4.69) is 10.4 Å². The SMILES string of the molecule is Nc1c2c(nn1C(=O)C1CCNc3c(Cl)cc(F)cc31)CC[C@@H](N)C2. The molecule has 1 unspecified atom stereocenters. The van der Waals surface area contributed by atoms with Crippen molar-refractivity contribution < 1.29 is 9.18 Å². The number of nitrogens with two attached hydrogens (primary N) is 2. The second-order valence-electron chi connectivity index (χ2n) is 6.68. The second-order valence-corrected chi connectivity index (χ2v) is 7.09. The summed E-state index contributed by atoms with van der Waals surface area (Å²) in [5, 5.41) is 7.82. The maximum atomic E-state index is 13.8. The molecule has 2 aromatic rings. The van der Waals surface area contributed by atoms with E-state index in [0.717, 1.165) is 17.7 Å². The molecule has 0 spiro atoms. The largest absolute Gasteiger partial charge is 0.384 e. The predicted molar refractivity (Wildman–Crippen MR) is 94.5 cm³/mol. The highest BCUT2D eigenvalue weighted by Gasteiger charge is 2.33. The van der Waals surface area contributed by atoms with Gasteiger partial charge >= 0.3 is 0 Å². The molecule has 1 aliphatic carbocycles. The van der Waals surface area contributed by atoms with Crippen LogP contribution in [-0.4, -0.2) is 28.3 Å². The minimum atomic E-state index is -0.540. The summed E-state index contributed by atoms with van der Waals surface area (Å²) in [6.45, 7) is 0.570. The van der Waals surface area contributed by atoms with Gasteiger partial charge in [0, 0.05) is 18.2 Å². The summed E-state index contributed by atoms with van der Waals surface area (Å²) in [6.07, 6.45) is 2.69. The summed E-state index contributed by atoms with van der Waals surface area (Å²) >= 11 is 6.12. The maximum Gasteiger partial charge on any atom is 0.256 e. The molecule has 5 N–H and O–H groups in total. The zero-order chi connectivity index (χ0) is 17.7. The van der Waals surface area contributed by atoms with Crippen LogP contribution in [0.25, 0.3) is 0 Å². The van der Waals surface area contributed by atoms with Gasteiger partial charge in [0.15, 0.2) is 0 Å². The van der Waals surface area contributed by atoms with E-state index in [9.17, 15) is 9.18 Å². The normalized spacial score (nSPS) is 22.0. The van der Waals surface area contributed by atoms with Crippen molar-refractivity contribution in [2.45, 2.75) is 37.6 Å². The molecule has 6 nitrogen and oxygen atoms in total. The fourth-order valence-electron chi connectivity index (χ4n) is 3.74. The lowest BCUT2D eigenvalue weighted by molar-refractivity contribution is 0.0859. The predicted octanol–water partition coefficient (Wildman–Crippen LogP) is 2.31. The molecule has 0 radical (unpaired) electrons. The van der Waals surface area contributed by atoms with E-state index in [0.29, 0.717) is 42.9 Å². The number of carbonyl (C=O) groups is 1. The van der Waals surface area contributed by atoms with Gasteiger partial charge in [-0.1, -0.05) is 11.6 Å². The van der Waals surface area contributed by atoms with Gasteiger partial charge in [0.2, 0.25) is 0 Å². The minimum Gasteiger partial charge on any atom is -0.384 e. The zero-order valence-electron chi connectivity index (χ0n) is 13.6. The maximum absolute atomic E-state index is 13.8. The van der Waals surface area contributed by atoms with Crippen molar-refractivity contribution in [3.63, 3.8) is 0 Å². The van der Waals surface area contributed by atoms with Crippen molar-refractivity contribution in [3.05, 3.63) is 39.8 Å². The van der Waals surface area contributed by atoms with E-state index >= 15 is 0 Å². The summed E-state index contributed by atoms with van der Waals surface area (Å²) in [5.41, 5.74) is 15.0. The Balaban J connectivity index is 1.74. The first-order valence-electron chi connectivity index (χ1n) is 8.34. The number of hydrogen-bond donors (Lipinski definition) is 3. The number of rotatable bonds is 1. The van der Waals surface area contributed by atoms with Gasteiger partial charge in [-0.3, -0.25) is 4.79 Å². The van der Waals surface area contributed by atoms with E-state index < -0.39 is 11.7 Å². The van der Waals surface area contributed by atoms with Crippen LogP contribution in [0.3, 0.4) is 0 Å². The van der Waals surface area contributed by atoms with Crippen LogP contribution in [-0.2, 0) is 12.8 Å². The molecular formula is C17H19ClFN5O. The third-order valence-corrected chi connectivity index (χ3v) is 5.33. The highest BCUT2D eigenvalue weighted by Crippen LogP contribution is 2.39. The first-order valence-corrected chi connectivity index (χ1v) is 8.72. The van der Waals surface area contributed by atoms with Crippen LogP contribution in [0.2, 0.25) is 5.02 Å². The van der Waals surface area contributed by atoms with Crippen molar-refractivity contribution in [2.24, 2.45) is 5.73 Å². The smallest absolute Gasteiger partial charge is 0.256 e. The third-order valence-electron chi connectivity index (χ3n) is 5.03. The number of nitrogen functional groups attached to an aromatic ring is 1. The number of hydrogen-bond acceptors (Lipinski definition) is 5. The summed E-state index contributed by atoms with van der Waals surface area (Å²) in [4.78, 5) is 13.1. The van der Waals surface area contributed by atoms with E-state index in [1.807, 2.05) is 0 Å². The molecule has 2 heterocycles. The lowest BCUT2D eigenvalue weighted by Gasteiger charge is -2.26. The molecule has 25 heavy (non-hydrogen) atoms. The number of nitrogens with zero attached hydrogens (tertiary/aromatic N) is 2. The van der Waals surface area contributed by atoms with Gasteiger partial charge in [-0.2, -0.15) is 9.78 Å². The number of nitrogens with one attached hydrogen (secondary N) is 1. The van der Waals surface area contributed by atoms with Crippen molar-refractivity contribution in [1.29, 1.82) is 0 Å². The Morgan fingerprint density at radius 2 is 2.20 bits per heavy atom. The molecule has 1 aromatic heterocycles. The molecule has 8 heteroatoms. The van der Waals surface area contributed by atoms with Gasteiger partial charge in [-0.15, -0.1) is 0 Å². The Morgan fingerprint density at radius 3 is 3.00 bits per heavy atom. The Morgan fingerprint density at radius 1 is 1.40 bits per heavy atom. The molecule has 2 aliphatic rings. The van der Waals surface area contributed by atoms with Gasteiger partial charge in [0.05, 0.1) is 22.3 Å². The topological polar surface area (TPSA) is 99.0 Å². The van der Waals surface area contributed by atoms with Crippen molar-refractivity contribution in [1.82, 2.24) is 9.78 Å². The Bertz CT molecular complexity index is 865. The van der Waals surface area contributed by atoms with Crippen molar-refractivity contribution >= 4 is 29.0 Å². The molecule has 0 saturated heterocycles. The van der Waals surface area contributed by atoms with Crippen molar-refractivity contribution in [2.75, 3.05) is 17.6 Å². The lowest BCUT2D eigenvalue weighted by atomic mass is 9.90. The number of aromatic nitrogens is 2. The summed E-state index contributed by atoms with van der Waals surface area (Å²) in [5.74, 6) is -0.923. The van der Waals surface area contributed by atoms with Crippen LogP contribution < -0.4 is 16.8 Å². The number of carbonyl (C=O) groups excluding carboxylic acids is 1. The van der Waals surface area contributed by atoms with Crippen molar-refractivity contribution in [3.8, 4) is 0 Å². The molecule has 1 aromatic carbocycles. The Kier molecular flexibility index (Phi) is 3.92. The van der Waals surface area contributed by atoms with Crippen LogP contribution in [0, 0.1) is 5.82 Å². The average Bonchev–Trinajstić information content (AvgIpc) is 2.90. The zero-order valence-corrected chi connectivity index (χ0v) is 14.3. The summed E-state index contributed by atoms with van der Waals surface area (Å²) in [7, 11) is 0. The van der Waals surface area contributed by atoms with E-state index in [4.69, 9.17) is 23.1 Å². The molecule has 0 bridgehead atoms. The number of halogens is 2. The third kappa shape index (κ3) is 2.67. The highest BCUT2D eigenvalue weighted by molar-refractivity contribution is 6.33. The number of benzene rings is 1. The monoisotopic (exact) mass is 363 g/mol. The Hall–Kier alpha value is -2.12. The highest BCUT2D eigenvalue weighted by atomic mass is 35.5. The summed E-state index contributed by atoms with van der Waals surface area (Å²) < 4.78 is 15.1. The van der Waals surface area contributed by atoms with E-state index in [-0.39, 0.29) is 17.0 Å². The van der Waals surface area contributed by atoms with E-state index in [1.165, 1.54) is 16.8 Å². The first-order chi connectivity index (χ1) is 12.0. The van der Waals surface area contributed by atoms with Gasteiger partial charge < -0.3 is 16.8 Å². The van der Waals surface area contributed by atoms with Gasteiger partial charge in [-0.05, 0) is 43.4 Å². The van der Waals surface area contributed by atoms with Gasteiger partial charge in [0.1, 0.15) is 11.6 Å². The van der Waals surface area contributed by atoms with Gasteiger partial charge in [-0.25, -0.2) is 4.39 Å². The number of fused-ring (bicyclic) bond motifs is 2. The molecule has 132 valence electrons. The average molecular weight is 364 g/mol. The number of anilines is 2. The van der Waals surface area contributed by atoms with Gasteiger partial charge in [0.25, 0.3) is 5.91 Å². The first kappa shape index (κ1) is 16.4. The van der Waals surface area contributed by atoms with Crippen LogP contribution in [0.1, 0.15) is 40.4 Å². The van der Waals surface area contributed by atoms with Crippen LogP contribution in [0.15, 0.2) is 12.1 Å². The fourth-order valence-corrected chi connectivity index (χ4v) is 4.02. The molecule has 2 atom stereocenters. The molecule has 0 fully saturated rings. The second kappa shape index (κ2) is 6.00. The van der Waals surface area contributed by atoms with Crippen LogP contribution in [0.4, 0.5) is 15.9 Å². The molecule has 0 saturated carbocycles. The number of aryl methyl sites for hydroxylation is 1. The quantitative estimate of drug-likeness (QED) is 0.722. The Labute approximate surface area is 149 Å². The standard InChI is InChI=1S/C17H19ClFN5O/c18-13-6-8(19)5-11-10(3-4-22-15(11)13)17(25)24-16(21)12-7-9(20)1-2-14(12)23-24/h5-6,9-10,22H,1-4,7,20-21H2/t9-,10?/m1/s1. The molecule has 1 aliphatic heterocycles. The van der Waals surface area contributed by atoms with E-state index in [1.54, 1.807) is 0 Å².